The predicted octanol–water partition coefficient (Wildman–Crippen LogP) is 0.614. The second-order valence-corrected chi connectivity index (χ2v) is 3.41. The minimum atomic E-state index is -0.667. The molecule has 3 N–H and O–H groups in total. The van der Waals surface area contributed by atoms with Crippen LogP contribution >= 0.6 is 0 Å². The highest BCUT2D eigenvalue weighted by molar-refractivity contribution is 6.06. The number of nitrogens with one attached hydrogen (secondary N) is 1. The number of aromatic nitrogens is 3. The molecule has 0 saturated carbocycles. The van der Waals surface area contributed by atoms with E-state index >= 15 is 0 Å². The van der Waals surface area contributed by atoms with Crippen molar-refractivity contribution in [1.82, 2.24) is 15.0 Å². The van der Waals surface area contributed by atoms with Gasteiger partial charge in [-0.15, -0.1) is 0 Å². The molecule has 0 unspecified atom stereocenters. The van der Waals surface area contributed by atoms with Gasteiger partial charge < -0.3 is 5.73 Å². The number of amides is 1. The van der Waals surface area contributed by atoms with Crippen LogP contribution in [0.2, 0.25) is 0 Å². The number of nitrogens with two attached hydrogens (primary N) is 1. The Morgan fingerprint density at radius 3 is 2.63 bits per heavy atom. The number of hydrogen-bond donors (Lipinski definition) is 2. The number of nitrogen functional groups attached to an aromatic ring is 1. The second kappa shape index (κ2) is 5.04. The van der Waals surface area contributed by atoms with E-state index in [0.717, 1.165) is 12.3 Å². The molecule has 0 fully saturated rings. The number of carbonyl (C=O) groups excluding carboxylic acids is 1. The molecule has 9 nitrogen and oxygen atoms in total. The number of nitrogens with zero attached hydrogens (tertiary/aromatic N) is 4. The molecule has 2 aromatic rings. The lowest BCUT2D eigenvalue weighted by Crippen LogP contribution is -2.16. The van der Waals surface area contributed by atoms with Crippen LogP contribution in [-0.4, -0.2) is 25.8 Å². The first-order chi connectivity index (χ1) is 9.08. The maximum absolute atomic E-state index is 11.9. The Labute approximate surface area is 106 Å². The van der Waals surface area contributed by atoms with Crippen molar-refractivity contribution in [3.8, 4) is 0 Å². The van der Waals surface area contributed by atoms with Crippen molar-refractivity contribution in [2.75, 3.05) is 11.1 Å². The molecule has 0 aromatic carbocycles. The molecule has 19 heavy (non-hydrogen) atoms. The third-order valence-electron chi connectivity index (χ3n) is 2.15. The van der Waals surface area contributed by atoms with Gasteiger partial charge in [0.1, 0.15) is 12.0 Å². The fourth-order valence-electron chi connectivity index (χ4n) is 1.28. The largest absolute Gasteiger partial charge is 0.383 e. The first-order valence-corrected chi connectivity index (χ1v) is 5.06. The van der Waals surface area contributed by atoms with E-state index in [1.807, 2.05) is 0 Å². The summed E-state index contributed by atoms with van der Waals surface area (Å²) in [6, 6.07) is 2.62. The Hall–Kier alpha value is -3.10. The molecular weight excluding hydrogens is 252 g/mol. The van der Waals surface area contributed by atoms with Crippen LogP contribution in [0.5, 0.6) is 0 Å². The molecule has 0 aliphatic carbocycles. The van der Waals surface area contributed by atoms with Gasteiger partial charge in [0.05, 0.1) is 10.5 Å². The van der Waals surface area contributed by atoms with Crippen LogP contribution in [0.1, 0.15) is 10.4 Å². The number of nitro groups is 1. The van der Waals surface area contributed by atoms with Crippen LogP contribution in [0.4, 0.5) is 17.5 Å². The van der Waals surface area contributed by atoms with E-state index < -0.39 is 10.8 Å². The molecule has 2 rings (SSSR count). The van der Waals surface area contributed by atoms with Crippen molar-refractivity contribution in [2.24, 2.45) is 0 Å². The highest BCUT2D eigenvalue weighted by Gasteiger charge is 2.17. The van der Waals surface area contributed by atoms with Gasteiger partial charge in [-0.05, 0) is 6.07 Å². The fourth-order valence-corrected chi connectivity index (χ4v) is 1.28. The lowest BCUT2D eigenvalue weighted by Gasteiger charge is -2.04. The van der Waals surface area contributed by atoms with Gasteiger partial charge in [0.2, 0.25) is 5.95 Å². The summed E-state index contributed by atoms with van der Waals surface area (Å²) in [5.41, 5.74) is 5.07. The van der Waals surface area contributed by atoms with Crippen molar-refractivity contribution < 1.29 is 9.72 Å². The van der Waals surface area contributed by atoms with E-state index in [-0.39, 0.29) is 23.0 Å². The molecule has 1 amide bonds. The van der Waals surface area contributed by atoms with Gasteiger partial charge in [-0.1, -0.05) is 0 Å². The quantitative estimate of drug-likeness (QED) is 0.609. The summed E-state index contributed by atoms with van der Waals surface area (Å²) in [5.74, 6) is -0.711. The molecule has 0 bridgehead atoms. The zero-order valence-electron chi connectivity index (χ0n) is 9.48. The topological polar surface area (TPSA) is 137 Å². The summed E-state index contributed by atoms with van der Waals surface area (Å²) in [5, 5.41) is 13.0. The number of carbonyl (C=O) groups is 1. The lowest BCUT2D eigenvalue weighted by atomic mass is 10.2. The molecular formula is C10H8N6O3. The Morgan fingerprint density at radius 2 is 2.00 bits per heavy atom. The zero-order valence-corrected chi connectivity index (χ0v) is 9.48. The zero-order chi connectivity index (χ0) is 13.8. The van der Waals surface area contributed by atoms with E-state index in [1.165, 1.54) is 12.4 Å². The second-order valence-electron chi connectivity index (χ2n) is 3.41. The molecule has 2 aromatic heterocycles. The Kier molecular flexibility index (Phi) is 3.28. The number of hydrogen-bond acceptors (Lipinski definition) is 7. The normalized spacial score (nSPS) is 9.89. The van der Waals surface area contributed by atoms with Crippen LogP contribution in [0.25, 0.3) is 0 Å². The van der Waals surface area contributed by atoms with Crippen molar-refractivity contribution >= 4 is 23.4 Å². The van der Waals surface area contributed by atoms with E-state index in [1.54, 1.807) is 6.07 Å². The Balaban J connectivity index is 2.28. The van der Waals surface area contributed by atoms with Gasteiger partial charge >= 0.3 is 0 Å². The molecule has 0 radical (unpaired) electrons. The Bertz CT molecular complexity index is 630. The third-order valence-corrected chi connectivity index (χ3v) is 2.15. The average molecular weight is 260 g/mol. The first-order valence-electron chi connectivity index (χ1n) is 5.06. The van der Waals surface area contributed by atoms with E-state index in [2.05, 4.69) is 20.3 Å². The van der Waals surface area contributed by atoms with Crippen molar-refractivity contribution in [2.45, 2.75) is 0 Å². The predicted molar refractivity (Wildman–Crippen MR) is 65.3 cm³/mol. The summed E-state index contributed by atoms with van der Waals surface area (Å²) in [6.07, 6.45) is 3.86. The van der Waals surface area contributed by atoms with Crippen molar-refractivity contribution in [1.29, 1.82) is 0 Å². The minimum Gasteiger partial charge on any atom is -0.383 e. The van der Waals surface area contributed by atoms with Gasteiger partial charge in [-0.2, -0.15) is 0 Å². The van der Waals surface area contributed by atoms with E-state index in [9.17, 15) is 14.9 Å². The monoisotopic (exact) mass is 260 g/mol. The molecule has 96 valence electrons. The first kappa shape index (κ1) is 12.4. The summed E-state index contributed by atoms with van der Waals surface area (Å²) >= 11 is 0. The van der Waals surface area contributed by atoms with Crippen LogP contribution < -0.4 is 11.1 Å². The van der Waals surface area contributed by atoms with Gasteiger partial charge in [-0.3, -0.25) is 20.2 Å². The third kappa shape index (κ3) is 2.77. The SMILES string of the molecule is Nc1ncc([N+](=O)[O-])cc1C(=O)Nc1ncccn1. The van der Waals surface area contributed by atoms with Crippen LogP contribution in [0, 0.1) is 10.1 Å². The summed E-state index contributed by atoms with van der Waals surface area (Å²) in [6.45, 7) is 0. The molecule has 0 atom stereocenters. The lowest BCUT2D eigenvalue weighted by molar-refractivity contribution is -0.385. The average Bonchev–Trinajstić information content (AvgIpc) is 2.40. The number of anilines is 2. The molecule has 0 aliphatic heterocycles. The molecule has 2 heterocycles. The van der Waals surface area contributed by atoms with Gasteiger partial charge in [0, 0.05) is 18.5 Å². The molecule has 0 spiro atoms. The minimum absolute atomic E-state index is 0.0680. The van der Waals surface area contributed by atoms with Crippen molar-refractivity contribution in [3.05, 3.63) is 46.4 Å². The maximum atomic E-state index is 11.9. The number of rotatable bonds is 3. The highest BCUT2D eigenvalue weighted by atomic mass is 16.6. The van der Waals surface area contributed by atoms with Gasteiger partial charge in [-0.25, -0.2) is 15.0 Å². The molecule has 9 heteroatoms. The smallest absolute Gasteiger partial charge is 0.288 e. The Morgan fingerprint density at radius 1 is 1.32 bits per heavy atom. The van der Waals surface area contributed by atoms with Crippen LogP contribution in [0.3, 0.4) is 0 Å². The number of pyridine rings is 1. The van der Waals surface area contributed by atoms with Crippen molar-refractivity contribution in [3.63, 3.8) is 0 Å². The standard InChI is InChI=1S/C10H8N6O3/c11-8-7(4-6(5-14-8)16(18)19)9(17)15-10-12-2-1-3-13-10/h1-5H,(H2,11,14)(H,12,13,15,17). The summed E-state index contributed by atoms with van der Waals surface area (Å²) < 4.78 is 0. The maximum Gasteiger partial charge on any atom is 0.288 e. The molecule has 0 saturated heterocycles. The van der Waals surface area contributed by atoms with Gasteiger partial charge in [0.25, 0.3) is 11.6 Å². The van der Waals surface area contributed by atoms with Crippen LogP contribution in [0.15, 0.2) is 30.7 Å². The van der Waals surface area contributed by atoms with E-state index in [0.29, 0.717) is 0 Å². The van der Waals surface area contributed by atoms with Crippen LogP contribution in [-0.2, 0) is 0 Å². The fraction of sp³-hybridized carbons (Fsp3) is 0. The summed E-state index contributed by atoms with van der Waals surface area (Å²) in [7, 11) is 0. The van der Waals surface area contributed by atoms with E-state index in [4.69, 9.17) is 5.73 Å². The highest BCUT2D eigenvalue weighted by Crippen LogP contribution is 2.17. The van der Waals surface area contributed by atoms with Gasteiger partial charge in [0.15, 0.2) is 0 Å². The molecule has 0 aliphatic rings. The summed E-state index contributed by atoms with van der Waals surface area (Å²) in [4.78, 5) is 33.0.